The zero-order chi connectivity index (χ0) is 16.2. The number of nitrogens with one attached hydrogen (secondary N) is 2. The van der Waals surface area contributed by atoms with Crippen molar-refractivity contribution in [2.75, 3.05) is 7.11 Å². The van der Waals surface area contributed by atoms with Crippen LogP contribution >= 0.6 is 11.3 Å². The van der Waals surface area contributed by atoms with Gasteiger partial charge in [0.25, 0.3) is 5.91 Å². The second-order valence-electron chi connectivity index (χ2n) is 5.11. The van der Waals surface area contributed by atoms with Crippen LogP contribution in [-0.2, 0) is 17.9 Å². The standard InChI is InChI=1S/C17H16N2O3S/c1-22-10-11-4-5-15-13(7-11)16(20)14(9-18-15)17(21)19-8-12-3-2-6-23-12/h2-7,9H,8,10H2,1H3,(H,18,20)(H,19,21). The Balaban J connectivity index is 1.89. The van der Waals surface area contributed by atoms with Crippen LogP contribution in [0.2, 0.25) is 0 Å². The molecule has 0 spiro atoms. The predicted molar refractivity (Wildman–Crippen MR) is 90.8 cm³/mol. The number of aromatic amines is 1. The lowest BCUT2D eigenvalue weighted by Crippen LogP contribution is -2.28. The summed E-state index contributed by atoms with van der Waals surface area (Å²) >= 11 is 1.56. The maximum atomic E-state index is 12.6. The van der Waals surface area contributed by atoms with Crippen LogP contribution in [0.5, 0.6) is 0 Å². The van der Waals surface area contributed by atoms with E-state index in [1.807, 2.05) is 29.6 Å². The average Bonchev–Trinajstić information content (AvgIpc) is 3.07. The van der Waals surface area contributed by atoms with E-state index in [4.69, 9.17) is 4.74 Å². The van der Waals surface area contributed by atoms with E-state index in [2.05, 4.69) is 10.3 Å². The van der Waals surface area contributed by atoms with Gasteiger partial charge < -0.3 is 15.0 Å². The fourth-order valence-corrected chi connectivity index (χ4v) is 3.01. The number of carbonyl (C=O) groups is 1. The van der Waals surface area contributed by atoms with Gasteiger partial charge in [0.1, 0.15) is 5.56 Å². The Labute approximate surface area is 136 Å². The zero-order valence-electron chi connectivity index (χ0n) is 12.6. The molecule has 1 aromatic carbocycles. The number of pyridine rings is 1. The molecular weight excluding hydrogens is 312 g/mol. The second-order valence-corrected chi connectivity index (χ2v) is 6.14. The van der Waals surface area contributed by atoms with Gasteiger partial charge in [-0.15, -0.1) is 11.3 Å². The largest absolute Gasteiger partial charge is 0.380 e. The Hall–Kier alpha value is -2.44. The number of hydrogen-bond acceptors (Lipinski definition) is 4. The van der Waals surface area contributed by atoms with Gasteiger partial charge in [0.2, 0.25) is 5.43 Å². The van der Waals surface area contributed by atoms with Crippen LogP contribution in [0.3, 0.4) is 0 Å². The maximum Gasteiger partial charge on any atom is 0.257 e. The van der Waals surface area contributed by atoms with E-state index in [-0.39, 0.29) is 16.9 Å². The summed E-state index contributed by atoms with van der Waals surface area (Å²) in [5, 5.41) is 5.21. The molecule has 0 atom stereocenters. The van der Waals surface area contributed by atoms with E-state index in [0.29, 0.717) is 24.1 Å². The summed E-state index contributed by atoms with van der Waals surface area (Å²) in [4.78, 5) is 28.9. The Morgan fingerprint density at radius 1 is 1.35 bits per heavy atom. The fourth-order valence-electron chi connectivity index (χ4n) is 2.37. The first-order valence-corrected chi connectivity index (χ1v) is 8.01. The number of thiophene rings is 1. The molecule has 0 aliphatic carbocycles. The summed E-state index contributed by atoms with van der Waals surface area (Å²) in [6.07, 6.45) is 1.46. The molecule has 0 aliphatic rings. The van der Waals surface area contributed by atoms with Crippen molar-refractivity contribution in [2.24, 2.45) is 0 Å². The number of aromatic nitrogens is 1. The number of ether oxygens (including phenoxy) is 1. The van der Waals surface area contributed by atoms with Crippen LogP contribution in [0.25, 0.3) is 10.9 Å². The third-order valence-electron chi connectivity index (χ3n) is 3.50. The Morgan fingerprint density at radius 2 is 2.22 bits per heavy atom. The summed E-state index contributed by atoms with van der Waals surface area (Å²) in [7, 11) is 1.60. The SMILES string of the molecule is COCc1ccc2[nH]cc(C(=O)NCc3cccs3)c(=O)c2c1. The molecule has 2 aromatic heterocycles. The monoisotopic (exact) mass is 328 g/mol. The number of benzene rings is 1. The van der Waals surface area contributed by atoms with E-state index in [1.54, 1.807) is 24.5 Å². The van der Waals surface area contributed by atoms with E-state index in [9.17, 15) is 9.59 Å². The van der Waals surface area contributed by atoms with Crippen LogP contribution in [0, 0.1) is 0 Å². The van der Waals surface area contributed by atoms with Gasteiger partial charge in [0, 0.05) is 29.1 Å². The Bertz CT molecular complexity index is 884. The smallest absolute Gasteiger partial charge is 0.257 e. The third kappa shape index (κ3) is 3.33. The minimum Gasteiger partial charge on any atom is -0.380 e. The van der Waals surface area contributed by atoms with Gasteiger partial charge in [-0.2, -0.15) is 0 Å². The van der Waals surface area contributed by atoms with Crippen molar-refractivity contribution in [3.63, 3.8) is 0 Å². The van der Waals surface area contributed by atoms with Crippen molar-refractivity contribution in [2.45, 2.75) is 13.2 Å². The molecule has 0 bridgehead atoms. The van der Waals surface area contributed by atoms with Gasteiger partial charge in [-0.3, -0.25) is 9.59 Å². The van der Waals surface area contributed by atoms with Gasteiger partial charge in [-0.05, 0) is 29.1 Å². The van der Waals surface area contributed by atoms with E-state index >= 15 is 0 Å². The number of H-pyrrole nitrogens is 1. The zero-order valence-corrected chi connectivity index (χ0v) is 13.4. The van der Waals surface area contributed by atoms with Crippen LogP contribution in [0.4, 0.5) is 0 Å². The van der Waals surface area contributed by atoms with Gasteiger partial charge in [0.15, 0.2) is 0 Å². The van der Waals surface area contributed by atoms with Crippen LogP contribution in [-0.4, -0.2) is 18.0 Å². The lowest BCUT2D eigenvalue weighted by molar-refractivity contribution is 0.0950. The molecule has 0 fully saturated rings. The normalized spacial score (nSPS) is 10.8. The highest BCUT2D eigenvalue weighted by molar-refractivity contribution is 7.09. The third-order valence-corrected chi connectivity index (χ3v) is 4.38. The van der Waals surface area contributed by atoms with Crippen LogP contribution in [0.15, 0.2) is 46.7 Å². The van der Waals surface area contributed by atoms with Gasteiger partial charge >= 0.3 is 0 Å². The summed E-state index contributed by atoms with van der Waals surface area (Å²) in [6, 6.07) is 9.32. The highest BCUT2D eigenvalue weighted by atomic mass is 32.1. The van der Waals surface area contributed by atoms with E-state index in [0.717, 1.165) is 10.4 Å². The Kier molecular flexibility index (Phi) is 4.55. The summed E-state index contributed by atoms with van der Waals surface area (Å²) in [6.45, 7) is 0.835. The molecule has 23 heavy (non-hydrogen) atoms. The van der Waals surface area contributed by atoms with Crippen molar-refractivity contribution in [3.05, 3.63) is 68.1 Å². The molecule has 5 nitrogen and oxygen atoms in total. The van der Waals surface area contributed by atoms with Crippen molar-refractivity contribution in [1.29, 1.82) is 0 Å². The molecular formula is C17H16N2O3S. The molecule has 2 heterocycles. The predicted octanol–water partition coefficient (Wildman–Crippen LogP) is 2.67. The number of hydrogen-bond donors (Lipinski definition) is 2. The van der Waals surface area contributed by atoms with E-state index in [1.165, 1.54) is 6.20 Å². The molecule has 0 saturated carbocycles. The molecule has 118 valence electrons. The van der Waals surface area contributed by atoms with Crippen molar-refractivity contribution in [1.82, 2.24) is 10.3 Å². The summed E-state index contributed by atoms with van der Waals surface area (Å²) in [5.41, 5.74) is 1.43. The number of fused-ring (bicyclic) bond motifs is 1. The van der Waals surface area contributed by atoms with Gasteiger partial charge in [-0.1, -0.05) is 12.1 Å². The lowest BCUT2D eigenvalue weighted by Gasteiger charge is -2.06. The lowest BCUT2D eigenvalue weighted by atomic mass is 10.1. The quantitative estimate of drug-likeness (QED) is 0.756. The summed E-state index contributed by atoms with van der Waals surface area (Å²) in [5.74, 6) is -0.376. The minimum absolute atomic E-state index is 0.114. The fraction of sp³-hybridized carbons (Fsp3) is 0.176. The molecule has 6 heteroatoms. The van der Waals surface area contributed by atoms with Crippen molar-refractivity contribution >= 4 is 28.1 Å². The van der Waals surface area contributed by atoms with Crippen LogP contribution < -0.4 is 10.7 Å². The molecule has 3 aromatic rings. The number of amides is 1. The number of methoxy groups -OCH3 is 1. The molecule has 0 saturated heterocycles. The van der Waals surface area contributed by atoms with Gasteiger partial charge in [-0.25, -0.2) is 0 Å². The van der Waals surface area contributed by atoms with Crippen molar-refractivity contribution in [3.8, 4) is 0 Å². The molecule has 0 aliphatic heterocycles. The highest BCUT2D eigenvalue weighted by Crippen LogP contribution is 2.12. The maximum absolute atomic E-state index is 12.6. The van der Waals surface area contributed by atoms with Gasteiger partial charge in [0.05, 0.1) is 13.2 Å². The second kappa shape index (κ2) is 6.76. The molecule has 0 radical (unpaired) electrons. The Morgan fingerprint density at radius 3 is 2.96 bits per heavy atom. The molecule has 3 rings (SSSR count). The molecule has 1 amide bonds. The van der Waals surface area contributed by atoms with Crippen molar-refractivity contribution < 1.29 is 9.53 Å². The molecule has 0 unspecified atom stereocenters. The highest BCUT2D eigenvalue weighted by Gasteiger charge is 2.13. The topological polar surface area (TPSA) is 71.2 Å². The van der Waals surface area contributed by atoms with E-state index < -0.39 is 0 Å². The number of rotatable bonds is 5. The average molecular weight is 328 g/mol. The van der Waals surface area contributed by atoms with Crippen LogP contribution in [0.1, 0.15) is 20.8 Å². The summed E-state index contributed by atoms with van der Waals surface area (Å²) < 4.78 is 5.08. The first-order chi connectivity index (χ1) is 11.2. The first kappa shape index (κ1) is 15.5. The first-order valence-electron chi connectivity index (χ1n) is 7.13. The molecule has 2 N–H and O–H groups in total. The number of carbonyl (C=O) groups excluding carboxylic acids is 1. The minimum atomic E-state index is -0.376.